The predicted octanol–water partition coefficient (Wildman–Crippen LogP) is 1.42. The van der Waals surface area contributed by atoms with Gasteiger partial charge in [0.2, 0.25) is 0 Å². The highest BCUT2D eigenvalue weighted by Crippen LogP contribution is 2.16. The first kappa shape index (κ1) is 9.14. The van der Waals surface area contributed by atoms with Gasteiger partial charge in [-0.2, -0.15) is 5.10 Å². The number of hydrogen-bond acceptors (Lipinski definition) is 2. The molecule has 1 aliphatic heterocycles. The standard InChI is InChI=1S/C8H10BClN2/c1-3-7(9)12-6(2)4-5-8(10)11-12/h3-5H,2,9H2,1H3/b7-3-. The molecule has 0 aromatic rings. The summed E-state index contributed by atoms with van der Waals surface area (Å²) in [5.41, 5.74) is 1.84. The summed E-state index contributed by atoms with van der Waals surface area (Å²) in [5.74, 6) is 0. The van der Waals surface area contributed by atoms with Crippen molar-refractivity contribution in [3.63, 3.8) is 0 Å². The Kier molecular flexibility index (Phi) is 2.76. The molecular formula is C8H10BClN2. The van der Waals surface area contributed by atoms with Crippen LogP contribution < -0.4 is 0 Å². The maximum atomic E-state index is 5.73. The van der Waals surface area contributed by atoms with Gasteiger partial charge in [0.15, 0.2) is 7.85 Å². The molecule has 0 amide bonds. The lowest BCUT2D eigenvalue weighted by molar-refractivity contribution is 0.498. The highest BCUT2D eigenvalue weighted by Gasteiger charge is 2.09. The summed E-state index contributed by atoms with van der Waals surface area (Å²) in [6.45, 7) is 5.78. The molecule has 0 saturated carbocycles. The van der Waals surface area contributed by atoms with Crippen molar-refractivity contribution in [2.75, 3.05) is 0 Å². The molecule has 0 saturated heterocycles. The fourth-order valence-electron chi connectivity index (χ4n) is 0.856. The van der Waals surface area contributed by atoms with E-state index < -0.39 is 0 Å². The lowest BCUT2D eigenvalue weighted by Crippen LogP contribution is -2.18. The third kappa shape index (κ3) is 1.80. The molecule has 0 N–H and O–H groups in total. The van der Waals surface area contributed by atoms with E-state index in [9.17, 15) is 0 Å². The van der Waals surface area contributed by atoms with E-state index in [1.54, 1.807) is 11.1 Å². The van der Waals surface area contributed by atoms with Crippen LogP contribution in [-0.2, 0) is 0 Å². The van der Waals surface area contributed by atoms with E-state index in [2.05, 4.69) is 11.7 Å². The molecule has 1 rings (SSSR count). The zero-order valence-electron chi connectivity index (χ0n) is 7.21. The van der Waals surface area contributed by atoms with Crippen LogP contribution in [0.1, 0.15) is 6.92 Å². The van der Waals surface area contributed by atoms with Gasteiger partial charge in [-0.25, -0.2) is 5.01 Å². The topological polar surface area (TPSA) is 15.6 Å². The first-order valence-electron chi connectivity index (χ1n) is 3.69. The van der Waals surface area contributed by atoms with Crippen molar-refractivity contribution in [1.29, 1.82) is 0 Å². The number of hydrazone groups is 1. The minimum absolute atomic E-state index is 0.476. The van der Waals surface area contributed by atoms with Crippen molar-refractivity contribution in [3.8, 4) is 0 Å². The van der Waals surface area contributed by atoms with E-state index in [0.29, 0.717) is 5.17 Å². The Morgan fingerprint density at radius 2 is 2.42 bits per heavy atom. The Balaban J connectivity index is 2.92. The van der Waals surface area contributed by atoms with Crippen molar-refractivity contribution in [3.05, 3.63) is 36.1 Å². The van der Waals surface area contributed by atoms with E-state index in [1.165, 1.54) is 0 Å². The molecule has 0 unspecified atom stereocenters. The van der Waals surface area contributed by atoms with Crippen LogP contribution >= 0.6 is 11.6 Å². The third-order valence-corrected chi connectivity index (χ3v) is 1.83. The van der Waals surface area contributed by atoms with Crippen LogP contribution in [0.2, 0.25) is 0 Å². The maximum absolute atomic E-state index is 5.73. The second kappa shape index (κ2) is 3.63. The second-order valence-corrected chi connectivity index (χ2v) is 2.88. The molecule has 0 bridgehead atoms. The minimum atomic E-state index is 0.476. The van der Waals surface area contributed by atoms with Crippen LogP contribution in [0.15, 0.2) is 41.2 Å². The van der Waals surface area contributed by atoms with Crippen molar-refractivity contribution >= 4 is 24.6 Å². The van der Waals surface area contributed by atoms with Gasteiger partial charge in [0.05, 0.1) is 5.70 Å². The van der Waals surface area contributed by atoms with Crippen molar-refractivity contribution in [1.82, 2.24) is 5.01 Å². The Morgan fingerprint density at radius 1 is 1.75 bits per heavy atom. The molecule has 62 valence electrons. The molecule has 0 aromatic carbocycles. The number of hydrogen-bond donors (Lipinski definition) is 0. The first-order valence-corrected chi connectivity index (χ1v) is 4.07. The number of nitrogens with zero attached hydrogens (tertiary/aromatic N) is 2. The fraction of sp³-hybridized carbons (Fsp3) is 0.125. The smallest absolute Gasteiger partial charge is 0.163 e. The van der Waals surface area contributed by atoms with E-state index >= 15 is 0 Å². The summed E-state index contributed by atoms with van der Waals surface area (Å²) in [7, 11) is 1.96. The van der Waals surface area contributed by atoms with Crippen molar-refractivity contribution < 1.29 is 0 Å². The van der Waals surface area contributed by atoms with Gasteiger partial charge in [-0.15, -0.1) is 0 Å². The van der Waals surface area contributed by atoms with E-state index in [0.717, 1.165) is 11.3 Å². The molecule has 1 aliphatic rings. The normalized spacial score (nSPS) is 18.2. The summed E-state index contributed by atoms with van der Waals surface area (Å²) in [5, 5.41) is 6.28. The lowest BCUT2D eigenvalue weighted by Gasteiger charge is -2.22. The quantitative estimate of drug-likeness (QED) is 0.557. The molecule has 0 radical (unpaired) electrons. The lowest BCUT2D eigenvalue weighted by atomic mass is 10.0. The fourth-order valence-corrected chi connectivity index (χ4v) is 0.995. The highest BCUT2D eigenvalue weighted by atomic mass is 35.5. The van der Waals surface area contributed by atoms with Crippen LogP contribution in [0, 0.1) is 0 Å². The van der Waals surface area contributed by atoms with E-state index in [4.69, 9.17) is 11.6 Å². The second-order valence-electron chi connectivity index (χ2n) is 2.49. The summed E-state index contributed by atoms with van der Waals surface area (Å²) in [4.78, 5) is 0. The van der Waals surface area contributed by atoms with Gasteiger partial charge in [-0.1, -0.05) is 24.3 Å². The zero-order valence-corrected chi connectivity index (χ0v) is 7.97. The molecular weight excluding hydrogens is 170 g/mol. The third-order valence-electron chi connectivity index (χ3n) is 1.63. The van der Waals surface area contributed by atoms with Crippen LogP contribution in [-0.4, -0.2) is 18.0 Å². The minimum Gasteiger partial charge on any atom is -0.247 e. The average molecular weight is 180 g/mol. The van der Waals surface area contributed by atoms with Crippen molar-refractivity contribution in [2.45, 2.75) is 6.92 Å². The Bertz CT molecular complexity index is 289. The zero-order chi connectivity index (χ0) is 9.14. The maximum Gasteiger partial charge on any atom is 0.163 e. The number of halogens is 1. The molecule has 4 heteroatoms. The largest absolute Gasteiger partial charge is 0.247 e. The highest BCUT2D eigenvalue weighted by molar-refractivity contribution is 6.68. The summed E-state index contributed by atoms with van der Waals surface area (Å²) in [6.07, 6.45) is 5.52. The van der Waals surface area contributed by atoms with Crippen LogP contribution in [0.4, 0.5) is 0 Å². The Labute approximate surface area is 78.3 Å². The van der Waals surface area contributed by atoms with Gasteiger partial charge < -0.3 is 0 Å². The number of rotatable bonds is 1. The summed E-state index contributed by atoms with van der Waals surface area (Å²) in [6, 6.07) is 0. The predicted molar refractivity (Wildman–Crippen MR) is 55.7 cm³/mol. The van der Waals surface area contributed by atoms with Crippen LogP contribution in [0.5, 0.6) is 0 Å². The molecule has 1 heterocycles. The van der Waals surface area contributed by atoms with E-state index in [-0.39, 0.29) is 0 Å². The molecule has 0 aromatic heterocycles. The Morgan fingerprint density at radius 3 is 3.00 bits per heavy atom. The van der Waals surface area contributed by atoms with Gasteiger partial charge in [0.25, 0.3) is 0 Å². The van der Waals surface area contributed by atoms with Crippen LogP contribution in [0.3, 0.4) is 0 Å². The molecule has 0 spiro atoms. The summed E-state index contributed by atoms with van der Waals surface area (Å²) >= 11 is 5.73. The number of allylic oxidation sites excluding steroid dienone is 3. The van der Waals surface area contributed by atoms with Gasteiger partial charge in [-0.3, -0.25) is 0 Å². The SMILES string of the molecule is B/C(=C/C)N1N=C(Cl)C=CC1=C. The van der Waals surface area contributed by atoms with Gasteiger partial charge in [0.1, 0.15) is 5.17 Å². The van der Waals surface area contributed by atoms with Gasteiger partial charge >= 0.3 is 0 Å². The Hall–Kier alpha value is -0.955. The molecule has 0 atom stereocenters. The van der Waals surface area contributed by atoms with Crippen LogP contribution in [0.25, 0.3) is 0 Å². The molecule has 2 nitrogen and oxygen atoms in total. The van der Waals surface area contributed by atoms with Gasteiger partial charge in [0, 0.05) is 0 Å². The molecule has 12 heavy (non-hydrogen) atoms. The van der Waals surface area contributed by atoms with E-state index in [1.807, 2.05) is 26.9 Å². The van der Waals surface area contributed by atoms with Crippen molar-refractivity contribution in [2.24, 2.45) is 5.10 Å². The molecule has 0 aliphatic carbocycles. The monoisotopic (exact) mass is 180 g/mol. The van der Waals surface area contributed by atoms with Gasteiger partial charge in [-0.05, 0) is 24.7 Å². The average Bonchev–Trinajstić information content (AvgIpc) is 2.08. The molecule has 0 fully saturated rings. The summed E-state index contributed by atoms with van der Waals surface area (Å²) < 4.78 is 0. The first-order chi connectivity index (χ1) is 5.65.